The van der Waals surface area contributed by atoms with E-state index in [1.807, 2.05) is 37.5 Å². The summed E-state index contributed by atoms with van der Waals surface area (Å²) in [5.41, 5.74) is 7.10. The molecule has 3 aliphatic heterocycles. The van der Waals surface area contributed by atoms with E-state index in [1.165, 1.54) is 24.8 Å². The Balaban J connectivity index is 1.27. The Labute approximate surface area is 213 Å². The van der Waals surface area contributed by atoms with Crippen LogP contribution in [0.15, 0.2) is 72.5 Å². The molecule has 186 valence electrons. The van der Waals surface area contributed by atoms with E-state index in [1.54, 1.807) is 11.0 Å². The molecule has 1 amide bonds. The molecule has 6 heteroatoms. The first kappa shape index (κ1) is 23.0. The summed E-state index contributed by atoms with van der Waals surface area (Å²) in [7, 11) is 0. The fourth-order valence-electron chi connectivity index (χ4n) is 5.87. The predicted octanol–water partition coefficient (Wildman–Crippen LogP) is 4.84. The largest absolute Gasteiger partial charge is 0.367 e. The molecule has 4 aliphatic rings. The van der Waals surface area contributed by atoms with E-state index in [0.29, 0.717) is 6.04 Å². The minimum atomic E-state index is -0.0245. The van der Waals surface area contributed by atoms with Crippen LogP contribution in [-0.2, 0) is 11.2 Å². The molecule has 1 atom stereocenters. The highest BCUT2D eigenvalue weighted by Crippen LogP contribution is 2.31. The van der Waals surface area contributed by atoms with E-state index in [0.717, 1.165) is 66.0 Å². The zero-order chi connectivity index (χ0) is 24.8. The van der Waals surface area contributed by atoms with Crippen molar-refractivity contribution in [1.29, 1.82) is 0 Å². The van der Waals surface area contributed by atoms with Crippen molar-refractivity contribution < 1.29 is 4.79 Å². The minimum absolute atomic E-state index is 0.0245. The van der Waals surface area contributed by atoms with Gasteiger partial charge in [-0.1, -0.05) is 25.5 Å². The summed E-state index contributed by atoms with van der Waals surface area (Å²) >= 11 is 0. The Hall–Kier alpha value is -3.38. The molecule has 5 heterocycles. The van der Waals surface area contributed by atoms with Gasteiger partial charge in [0, 0.05) is 62.1 Å². The van der Waals surface area contributed by atoms with Gasteiger partial charge in [0.15, 0.2) is 0 Å². The lowest BCUT2D eigenvalue weighted by atomic mass is 9.89. The summed E-state index contributed by atoms with van der Waals surface area (Å²) in [4.78, 5) is 25.1. The van der Waals surface area contributed by atoms with Gasteiger partial charge in [0.25, 0.3) is 5.91 Å². The second-order valence-electron chi connectivity index (χ2n) is 10.5. The van der Waals surface area contributed by atoms with Crippen LogP contribution in [0.5, 0.6) is 0 Å². The summed E-state index contributed by atoms with van der Waals surface area (Å²) < 4.78 is 2.08. The number of hydrogen-bond acceptors (Lipinski definition) is 4. The third-order valence-electron chi connectivity index (χ3n) is 8.07. The third-order valence-corrected chi connectivity index (χ3v) is 8.07. The first-order valence-corrected chi connectivity index (χ1v) is 13.3. The van der Waals surface area contributed by atoms with Gasteiger partial charge in [-0.15, -0.1) is 0 Å². The summed E-state index contributed by atoms with van der Waals surface area (Å²) in [6.45, 7) is 9.59. The number of rotatable bonds is 4. The standard InChI is InChI=1S/C30H35N5O/c1-4-23-15-25(19-33-17-21(2)31-30(23)33)24-7-5-8-27-11-12-28(20-35(27)29(36)16-24)32-13-14-34(22(3)18-32)26-9-6-10-26/h5,7-8,11-12,15-17,19-20,22,26H,4,6,9-10,13-14,18H2,1-3H3/b7-5?,24-16?,27-8+/t22-/m1/s1. The van der Waals surface area contributed by atoms with Crippen LogP contribution in [0.4, 0.5) is 0 Å². The first-order valence-electron chi connectivity index (χ1n) is 13.3. The van der Waals surface area contributed by atoms with Crippen LogP contribution in [-0.4, -0.2) is 61.7 Å². The number of carbonyl (C=O) groups excluding carboxylic acids is 1. The molecule has 1 saturated carbocycles. The fraction of sp³-hybridized carbons (Fsp3) is 0.400. The minimum Gasteiger partial charge on any atom is -0.367 e. The van der Waals surface area contributed by atoms with Crippen LogP contribution in [0.2, 0.25) is 0 Å². The highest BCUT2D eigenvalue weighted by molar-refractivity contribution is 6.00. The first-order chi connectivity index (χ1) is 17.5. The molecular formula is C30H35N5O. The predicted molar refractivity (Wildman–Crippen MR) is 144 cm³/mol. The van der Waals surface area contributed by atoms with Crippen molar-refractivity contribution in [3.8, 4) is 0 Å². The maximum absolute atomic E-state index is 13.5. The second-order valence-corrected chi connectivity index (χ2v) is 10.5. The summed E-state index contributed by atoms with van der Waals surface area (Å²) in [6.07, 6.45) is 23.2. The molecule has 6 rings (SSSR count). The Bertz CT molecular complexity index is 1350. The van der Waals surface area contributed by atoms with Gasteiger partial charge in [0.2, 0.25) is 0 Å². The Morgan fingerprint density at radius 3 is 2.67 bits per heavy atom. The smallest absolute Gasteiger partial charge is 0.255 e. The molecule has 0 unspecified atom stereocenters. The van der Waals surface area contributed by atoms with Gasteiger partial charge >= 0.3 is 0 Å². The highest BCUT2D eigenvalue weighted by atomic mass is 16.2. The van der Waals surface area contributed by atoms with Crippen LogP contribution in [0.1, 0.15) is 49.9 Å². The topological polar surface area (TPSA) is 44.1 Å². The molecule has 0 N–H and O–H groups in total. The number of fused-ring (bicyclic) bond motifs is 2. The van der Waals surface area contributed by atoms with E-state index in [9.17, 15) is 4.79 Å². The Kier molecular flexibility index (Phi) is 5.92. The molecule has 0 aromatic carbocycles. The zero-order valence-corrected chi connectivity index (χ0v) is 21.5. The van der Waals surface area contributed by atoms with Gasteiger partial charge in [-0.05, 0) is 74.1 Å². The number of nitrogens with zero attached hydrogens (tertiary/aromatic N) is 5. The van der Waals surface area contributed by atoms with Crippen LogP contribution in [0.25, 0.3) is 11.2 Å². The van der Waals surface area contributed by atoms with Crippen LogP contribution >= 0.6 is 0 Å². The van der Waals surface area contributed by atoms with Crippen molar-refractivity contribution in [2.24, 2.45) is 0 Å². The van der Waals surface area contributed by atoms with Crippen molar-refractivity contribution in [3.63, 3.8) is 0 Å². The van der Waals surface area contributed by atoms with Crippen LogP contribution in [0, 0.1) is 6.92 Å². The van der Waals surface area contributed by atoms with Crippen LogP contribution < -0.4 is 0 Å². The second kappa shape index (κ2) is 9.25. The van der Waals surface area contributed by atoms with E-state index in [4.69, 9.17) is 0 Å². The van der Waals surface area contributed by atoms with Crippen molar-refractivity contribution in [2.75, 3.05) is 19.6 Å². The molecule has 0 spiro atoms. The van der Waals surface area contributed by atoms with E-state index < -0.39 is 0 Å². The van der Waals surface area contributed by atoms with Gasteiger partial charge in [-0.25, -0.2) is 4.98 Å². The molecule has 6 nitrogen and oxygen atoms in total. The number of amides is 1. The van der Waals surface area contributed by atoms with Crippen molar-refractivity contribution in [1.82, 2.24) is 24.1 Å². The zero-order valence-electron chi connectivity index (χ0n) is 21.5. The van der Waals surface area contributed by atoms with Gasteiger partial charge in [0.1, 0.15) is 5.65 Å². The molecule has 2 fully saturated rings. The lowest BCUT2D eigenvalue weighted by Crippen LogP contribution is -2.56. The lowest BCUT2D eigenvalue weighted by molar-refractivity contribution is -0.122. The van der Waals surface area contributed by atoms with Gasteiger partial charge in [-0.3, -0.25) is 14.6 Å². The maximum Gasteiger partial charge on any atom is 0.255 e. The molecule has 1 saturated heterocycles. The number of aromatic nitrogens is 2. The average molecular weight is 482 g/mol. The molecule has 0 bridgehead atoms. The van der Waals surface area contributed by atoms with Gasteiger partial charge in [0.05, 0.1) is 11.4 Å². The third kappa shape index (κ3) is 4.13. The average Bonchev–Trinajstić information content (AvgIpc) is 3.21. The van der Waals surface area contributed by atoms with Crippen molar-refractivity contribution >= 4 is 17.1 Å². The summed E-state index contributed by atoms with van der Waals surface area (Å²) in [6, 6.07) is 3.47. The number of aryl methyl sites for hydroxylation is 2. The number of pyridine rings is 1. The van der Waals surface area contributed by atoms with E-state index in [-0.39, 0.29) is 5.91 Å². The summed E-state index contributed by atoms with van der Waals surface area (Å²) in [5.74, 6) is -0.0245. The number of piperazine rings is 1. The highest BCUT2D eigenvalue weighted by Gasteiger charge is 2.33. The molecule has 36 heavy (non-hydrogen) atoms. The fourth-order valence-corrected chi connectivity index (χ4v) is 5.87. The number of carbonyl (C=O) groups is 1. The summed E-state index contributed by atoms with van der Waals surface area (Å²) in [5, 5.41) is 0. The molecular weight excluding hydrogens is 446 g/mol. The number of imidazole rings is 1. The lowest BCUT2D eigenvalue weighted by Gasteiger charge is -2.48. The molecule has 2 aromatic heterocycles. The van der Waals surface area contributed by atoms with Crippen molar-refractivity contribution in [2.45, 2.75) is 58.5 Å². The Morgan fingerprint density at radius 1 is 1.08 bits per heavy atom. The van der Waals surface area contributed by atoms with Gasteiger partial charge in [-0.2, -0.15) is 0 Å². The maximum atomic E-state index is 13.5. The molecule has 1 aliphatic carbocycles. The quantitative estimate of drug-likeness (QED) is 0.627. The molecule has 2 aromatic rings. The van der Waals surface area contributed by atoms with E-state index >= 15 is 0 Å². The monoisotopic (exact) mass is 481 g/mol. The number of allylic oxidation sites excluding steroid dienone is 6. The number of hydrogen-bond donors (Lipinski definition) is 0. The molecule has 0 radical (unpaired) electrons. The Morgan fingerprint density at radius 2 is 1.92 bits per heavy atom. The van der Waals surface area contributed by atoms with Crippen LogP contribution in [0.3, 0.4) is 0 Å². The van der Waals surface area contributed by atoms with Gasteiger partial charge < -0.3 is 9.30 Å². The SMILES string of the molecule is CCc1cc(C2=CC(=O)N3C=C(N4CCN(C5CCC5)[C@H](C)C4)C=C/C3=C\C=C2)cn2cc(C)nc12. The van der Waals surface area contributed by atoms with Crippen molar-refractivity contribution in [3.05, 3.63) is 89.3 Å². The normalized spacial score (nSPS) is 24.6. The van der Waals surface area contributed by atoms with E-state index in [2.05, 4.69) is 57.4 Å².